The molecule has 146 valence electrons. The number of rotatable bonds is 10. The van der Waals surface area contributed by atoms with Gasteiger partial charge in [-0.1, -0.05) is 26.0 Å². The maximum Gasteiger partial charge on any atom is 0.244 e. The number of hydrogen-bond acceptors (Lipinski definition) is 4. The SMILES string of the molecule is CCN(CC)S(=O)(=O)c1ccc(/C=C/C(=O)NCCCn2ccnc2)cc1. The summed E-state index contributed by atoms with van der Waals surface area (Å²) in [4.78, 5) is 16.1. The van der Waals surface area contributed by atoms with Crippen molar-refractivity contribution in [3.63, 3.8) is 0 Å². The van der Waals surface area contributed by atoms with Crippen molar-refractivity contribution in [1.29, 1.82) is 0 Å². The summed E-state index contributed by atoms with van der Waals surface area (Å²) in [6, 6.07) is 6.52. The quantitative estimate of drug-likeness (QED) is 0.498. The third-order valence-electron chi connectivity index (χ3n) is 4.10. The molecular formula is C19H26N4O3S. The number of nitrogens with one attached hydrogen (secondary N) is 1. The summed E-state index contributed by atoms with van der Waals surface area (Å²) in [6.45, 7) is 5.86. The number of nitrogens with zero attached hydrogens (tertiary/aromatic N) is 3. The summed E-state index contributed by atoms with van der Waals surface area (Å²) >= 11 is 0. The van der Waals surface area contributed by atoms with Gasteiger partial charge in [-0.05, 0) is 30.2 Å². The largest absolute Gasteiger partial charge is 0.352 e. The van der Waals surface area contributed by atoms with E-state index in [-0.39, 0.29) is 10.8 Å². The van der Waals surface area contributed by atoms with Gasteiger partial charge in [0, 0.05) is 44.6 Å². The Morgan fingerprint density at radius 3 is 2.52 bits per heavy atom. The van der Waals surface area contributed by atoms with Crippen LogP contribution in [0.25, 0.3) is 6.08 Å². The van der Waals surface area contributed by atoms with Gasteiger partial charge in [0.25, 0.3) is 0 Å². The fourth-order valence-corrected chi connectivity index (χ4v) is 4.04. The minimum Gasteiger partial charge on any atom is -0.352 e. The van der Waals surface area contributed by atoms with E-state index in [0.717, 1.165) is 18.5 Å². The number of hydrogen-bond donors (Lipinski definition) is 1. The topological polar surface area (TPSA) is 84.3 Å². The molecule has 0 radical (unpaired) electrons. The average Bonchev–Trinajstić information content (AvgIpc) is 3.18. The predicted molar refractivity (Wildman–Crippen MR) is 105 cm³/mol. The smallest absolute Gasteiger partial charge is 0.244 e. The van der Waals surface area contributed by atoms with E-state index in [4.69, 9.17) is 0 Å². The lowest BCUT2D eigenvalue weighted by Gasteiger charge is -2.18. The van der Waals surface area contributed by atoms with Crippen LogP contribution in [-0.4, -0.2) is 47.8 Å². The van der Waals surface area contributed by atoms with Crippen LogP contribution in [0.15, 0.2) is 54.0 Å². The maximum absolute atomic E-state index is 12.4. The Balaban J connectivity index is 1.85. The normalized spacial score (nSPS) is 12.0. The van der Waals surface area contributed by atoms with Crippen molar-refractivity contribution in [2.45, 2.75) is 31.7 Å². The fourth-order valence-electron chi connectivity index (χ4n) is 2.59. The third kappa shape index (κ3) is 6.04. The van der Waals surface area contributed by atoms with Crippen molar-refractivity contribution < 1.29 is 13.2 Å². The van der Waals surface area contributed by atoms with Crippen molar-refractivity contribution in [3.05, 3.63) is 54.6 Å². The van der Waals surface area contributed by atoms with Crippen LogP contribution < -0.4 is 5.32 Å². The van der Waals surface area contributed by atoms with Gasteiger partial charge >= 0.3 is 0 Å². The monoisotopic (exact) mass is 390 g/mol. The van der Waals surface area contributed by atoms with Gasteiger partial charge in [0.15, 0.2) is 0 Å². The molecule has 1 aromatic carbocycles. The molecule has 0 bridgehead atoms. The van der Waals surface area contributed by atoms with E-state index >= 15 is 0 Å². The second kappa shape index (κ2) is 10.0. The lowest BCUT2D eigenvalue weighted by Crippen LogP contribution is -2.30. The zero-order chi connectivity index (χ0) is 19.7. The zero-order valence-corrected chi connectivity index (χ0v) is 16.5. The molecule has 0 atom stereocenters. The van der Waals surface area contributed by atoms with Crippen LogP contribution in [0, 0.1) is 0 Å². The molecule has 0 aliphatic rings. The highest BCUT2D eigenvalue weighted by atomic mass is 32.2. The molecule has 8 heteroatoms. The van der Waals surface area contributed by atoms with Crippen molar-refractivity contribution in [1.82, 2.24) is 19.2 Å². The molecule has 0 fully saturated rings. The van der Waals surface area contributed by atoms with E-state index in [1.54, 1.807) is 42.9 Å². The van der Waals surface area contributed by atoms with Crippen LogP contribution in [0.3, 0.4) is 0 Å². The van der Waals surface area contributed by atoms with Gasteiger partial charge in [-0.15, -0.1) is 0 Å². The standard InChI is InChI=1S/C19H26N4O3S/c1-3-23(4-2)27(25,26)18-9-6-17(7-10-18)8-11-19(24)21-12-5-14-22-15-13-20-16-22/h6-11,13,15-16H,3-5,12,14H2,1-2H3,(H,21,24)/b11-8+. The number of imidazole rings is 1. The molecule has 1 N–H and O–H groups in total. The molecule has 0 saturated carbocycles. The molecule has 0 saturated heterocycles. The highest BCUT2D eigenvalue weighted by molar-refractivity contribution is 7.89. The molecule has 0 aliphatic carbocycles. The van der Waals surface area contributed by atoms with E-state index in [9.17, 15) is 13.2 Å². The number of amides is 1. The maximum atomic E-state index is 12.4. The number of aromatic nitrogens is 2. The number of aryl methyl sites for hydroxylation is 1. The van der Waals surface area contributed by atoms with Crippen LogP contribution >= 0.6 is 0 Å². The van der Waals surface area contributed by atoms with E-state index < -0.39 is 10.0 Å². The molecule has 0 spiro atoms. The molecule has 1 heterocycles. The molecular weight excluding hydrogens is 364 g/mol. The minimum absolute atomic E-state index is 0.180. The first-order chi connectivity index (χ1) is 13.0. The molecule has 0 unspecified atom stereocenters. The lowest BCUT2D eigenvalue weighted by atomic mass is 10.2. The van der Waals surface area contributed by atoms with Gasteiger partial charge in [-0.2, -0.15) is 4.31 Å². The number of carbonyl (C=O) groups excluding carboxylic acids is 1. The van der Waals surface area contributed by atoms with Gasteiger partial charge in [-0.25, -0.2) is 13.4 Å². The van der Waals surface area contributed by atoms with Crippen LogP contribution in [-0.2, 0) is 21.4 Å². The number of carbonyl (C=O) groups is 1. The van der Waals surface area contributed by atoms with E-state index in [1.807, 2.05) is 24.6 Å². The summed E-state index contributed by atoms with van der Waals surface area (Å²) in [6.07, 6.45) is 9.27. The Hall–Kier alpha value is -2.45. The van der Waals surface area contributed by atoms with Crippen LogP contribution in [0.5, 0.6) is 0 Å². The Labute approximate surface area is 160 Å². The van der Waals surface area contributed by atoms with Crippen LogP contribution in [0.4, 0.5) is 0 Å². The van der Waals surface area contributed by atoms with Gasteiger partial charge in [0.2, 0.25) is 15.9 Å². The molecule has 1 aromatic heterocycles. The highest BCUT2D eigenvalue weighted by Gasteiger charge is 2.20. The van der Waals surface area contributed by atoms with E-state index in [2.05, 4.69) is 10.3 Å². The zero-order valence-electron chi connectivity index (χ0n) is 15.7. The Kier molecular flexibility index (Phi) is 7.75. The first kappa shape index (κ1) is 20.9. The summed E-state index contributed by atoms with van der Waals surface area (Å²) in [7, 11) is -3.46. The van der Waals surface area contributed by atoms with Gasteiger partial charge in [0.1, 0.15) is 0 Å². The summed E-state index contributed by atoms with van der Waals surface area (Å²) < 4.78 is 28.2. The first-order valence-corrected chi connectivity index (χ1v) is 10.4. The van der Waals surface area contributed by atoms with Gasteiger partial charge < -0.3 is 9.88 Å². The molecule has 0 aliphatic heterocycles. The van der Waals surface area contributed by atoms with Crippen LogP contribution in [0.2, 0.25) is 0 Å². The lowest BCUT2D eigenvalue weighted by molar-refractivity contribution is -0.116. The second-order valence-corrected chi connectivity index (χ2v) is 7.87. The molecule has 2 rings (SSSR count). The van der Waals surface area contributed by atoms with Crippen molar-refractivity contribution in [3.8, 4) is 0 Å². The molecule has 7 nitrogen and oxygen atoms in total. The van der Waals surface area contributed by atoms with Crippen molar-refractivity contribution >= 4 is 22.0 Å². The summed E-state index contributed by atoms with van der Waals surface area (Å²) in [5, 5.41) is 2.82. The third-order valence-corrected chi connectivity index (χ3v) is 6.17. The molecule has 27 heavy (non-hydrogen) atoms. The second-order valence-electron chi connectivity index (χ2n) is 5.94. The highest BCUT2D eigenvalue weighted by Crippen LogP contribution is 2.16. The van der Waals surface area contributed by atoms with Crippen LogP contribution in [0.1, 0.15) is 25.8 Å². The number of benzene rings is 1. The van der Waals surface area contributed by atoms with E-state index in [1.165, 1.54) is 10.4 Å². The number of sulfonamides is 1. The molecule has 2 aromatic rings. The minimum atomic E-state index is -3.46. The van der Waals surface area contributed by atoms with Gasteiger partial charge in [0.05, 0.1) is 11.2 Å². The van der Waals surface area contributed by atoms with E-state index in [0.29, 0.717) is 19.6 Å². The Morgan fingerprint density at radius 1 is 1.22 bits per heavy atom. The van der Waals surface area contributed by atoms with Gasteiger partial charge in [-0.3, -0.25) is 4.79 Å². The summed E-state index contributed by atoms with van der Waals surface area (Å²) in [5.41, 5.74) is 0.766. The Bertz CT molecular complexity index is 840. The Morgan fingerprint density at radius 2 is 1.93 bits per heavy atom. The first-order valence-electron chi connectivity index (χ1n) is 8.99. The fraction of sp³-hybridized carbons (Fsp3) is 0.368. The summed E-state index contributed by atoms with van der Waals surface area (Å²) in [5.74, 6) is -0.180. The van der Waals surface area contributed by atoms with Crippen molar-refractivity contribution in [2.24, 2.45) is 0 Å². The van der Waals surface area contributed by atoms with Crippen molar-refractivity contribution in [2.75, 3.05) is 19.6 Å². The predicted octanol–water partition coefficient (Wildman–Crippen LogP) is 2.13. The molecule has 1 amide bonds. The average molecular weight is 391 g/mol.